The lowest BCUT2D eigenvalue weighted by atomic mass is 10.2. The number of urea groups is 1. The number of hydrogen-bond donors (Lipinski definition) is 3. The molecule has 2 amide bonds. The first-order valence-corrected chi connectivity index (χ1v) is 6.81. The molecule has 2 atom stereocenters. The van der Waals surface area contributed by atoms with Crippen LogP contribution in [0.2, 0.25) is 0 Å². The van der Waals surface area contributed by atoms with Crippen molar-refractivity contribution in [3.63, 3.8) is 0 Å². The fourth-order valence-electron chi connectivity index (χ4n) is 1.54. The summed E-state index contributed by atoms with van der Waals surface area (Å²) in [4.78, 5) is 35.3. The number of carboxylic acids is 1. The summed E-state index contributed by atoms with van der Waals surface area (Å²) in [5.74, 6) is -1.89. The number of nitrogens with one attached hydrogen (secondary N) is 1. The second kappa shape index (κ2) is 9.17. The fourth-order valence-corrected chi connectivity index (χ4v) is 1.54. The van der Waals surface area contributed by atoms with E-state index in [0.717, 1.165) is 0 Å². The third-order valence-electron chi connectivity index (χ3n) is 2.54. The molecule has 0 saturated heterocycles. The largest absolute Gasteiger partial charge is 0.480 e. The van der Waals surface area contributed by atoms with Crippen LogP contribution in [0.3, 0.4) is 0 Å². The maximum absolute atomic E-state index is 12.0. The van der Waals surface area contributed by atoms with Crippen LogP contribution >= 0.6 is 0 Å². The zero-order chi connectivity index (χ0) is 16.6. The van der Waals surface area contributed by atoms with Crippen LogP contribution in [0.4, 0.5) is 4.79 Å². The molecule has 0 fully saturated rings. The zero-order valence-corrected chi connectivity index (χ0v) is 12.8. The molecule has 0 aromatic rings. The Hall–Kier alpha value is -1.83. The van der Waals surface area contributed by atoms with Crippen molar-refractivity contribution in [1.29, 1.82) is 0 Å². The van der Waals surface area contributed by atoms with Gasteiger partial charge in [-0.15, -0.1) is 0 Å². The second-order valence-corrected chi connectivity index (χ2v) is 5.08. The average Bonchev–Trinajstić information content (AvgIpc) is 2.37. The van der Waals surface area contributed by atoms with Gasteiger partial charge in [-0.3, -0.25) is 4.79 Å². The molecule has 0 aliphatic rings. The molecule has 0 aliphatic carbocycles. The van der Waals surface area contributed by atoms with Crippen molar-refractivity contribution in [2.45, 2.75) is 39.8 Å². The van der Waals surface area contributed by atoms with Gasteiger partial charge in [0.05, 0.1) is 13.2 Å². The molecule has 0 radical (unpaired) electrons. The monoisotopic (exact) mass is 304 g/mol. The molecule has 8 nitrogen and oxygen atoms in total. The van der Waals surface area contributed by atoms with Crippen molar-refractivity contribution < 1.29 is 29.3 Å². The Morgan fingerprint density at radius 1 is 1.19 bits per heavy atom. The third-order valence-corrected chi connectivity index (χ3v) is 2.54. The Labute approximate surface area is 124 Å². The quantitative estimate of drug-likeness (QED) is 0.546. The number of nitrogens with zero attached hydrogens (tertiary/aromatic N) is 1. The minimum Gasteiger partial charge on any atom is -0.480 e. The summed E-state index contributed by atoms with van der Waals surface area (Å²) in [5.41, 5.74) is 0. The van der Waals surface area contributed by atoms with E-state index in [2.05, 4.69) is 10.1 Å². The first-order valence-electron chi connectivity index (χ1n) is 6.81. The number of aliphatic hydroxyl groups is 1. The van der Waals surface area contributed by atoms with Crippen molar-refractivity contribution in [3.8, 4) is 0 Å². The lowest BCUT2D eigenvalue weighted by Gasteiger charge is -2.27. The van der Waals surface area contributed by atoms with Gasteiger partial charge in [-0.25, -0.2) is 9.59 Å². The van der Waals surface area contributed by atoms with E-state index in [1.54, 1.807) is 6.92 Å². The predicted octanol–water partition coefficient (Wildman–Crippen LogP) is 0.0511. The number of hydrogen-bond acceptors (Lipinski definition) is 5. The SMILES string of the molecule is CCOC(=O)C(O)CN(CC(C)C)C(=O)NC(C)C(=O)O. The summed E-state index contributed by atoms with van der Waals surface area (Å²) in [6.45, 7) is 6.80. The molecule has 21 heavy (non-hydrogen) atoms. The van der Waals surface area contributed by atoms with Gasteiger partial charge in [0, 0.05) is 6.54 Å². The molecule has 0 aromatic heterocycles. The summed E-state index contributed by atoms with van der Waals surface area (Å²) in [6, 6.07) is -1.71. The number of aliphatic carboxylic acids is 1. The number of carbonyl (C=O) groups is 3. The van der Waals surface area contributed by atoms with E-state index in [0.29, 0.717) is 0 Å². The van der Waals surface area contributed by atoms with Gasteiger partial charge in [0.2, 0.25) is 0 Å². The van der Waals surface area contributed by atoms with Crippen molar-refractivity contribution >= 4 is 18.0 Å². The molecule has 8 heteroatoms. The first-order chi connectivity index (χ1) is 9.68. The lowest BCUT2D eigenvalue weighted by Crippen LogP contribution is -2.51. The normalized spacial score (nSPS) is 13.4. The summed E-state index contributed by atoms with van der Waals surface area (Å²) in [5, 5.41) is 20.8. The van der Waals surface area contributed by atoms with Gasteiger partial charge in [-0.1, -0.05) is 13.8 Å². The minimum absolute atomic E-state index is 0.0882. The molecule has 122 valence electrons. The van der Waals surface area contributed by atoms with Gasteiger partial charge in [-0.05, 0) is 19.8 Å². The van der Waals surface area contributed by atoms with Crippen molar-refractivity contribution in [1.82, 2.24) is 10.2 Å². The zero-order valence-electron chi connectivity index (χ0n) is 12.8. The Bertz CT molecular complexity index is 372. The summed E-state index contributed by atoms with van der Waals surface area (Å²) in [7, 11) is 0. The number of rotatable bonds is 8. The van der Waals surface area contributed by atoms with E-state index in [4.69, 9.17) is 5.11 Å². The predicted molar refractivity (Wildman–Crippen MR) is 74.7 cm³/mol. The molecule has 0 aliphatic heterocycles. The molecule has 0 rings (SSSR count). The maximum Gasteiger partial charge on any atom is 0.336 e. The van der Waals surface area contributed by atoms with Gasteiger partial charge in [-0.2, -0.15) is 0 Å². The van der Waals surface area contributed by atoms with Crippen LogP contribution < -0.4 is 5.32 Å². The maximum atomic E-state index is 12.0. The van der Waals surface area contributed by atoms with Crippen LogP contribution in [0.15, 0.2) is 0 Å². The minimum atomic E-state index is -1.46. The molecule has 2 unspecified atom stereocenters. The van der Waals surface area contributed by atoms with Crippen LogP contribution in [0.25, 0.3) is 0 Å². The molecular formula is C13H24N2O6. The third kappa shape index (κ3) is 7.50. The van der Waals surface area contributed by atoms with Crippen molar-refractivity contribution in [2.75, 3.05) is 19.7 Å². The summed E-state index contributed by atoms with van der Waals surface area (Å²) >= 11 is 0. The molecule has 0 heterocycles. The Morgan fingerprint density at radius 2 is 1.76 bits per heavy atom. The Morgan fingerprint density at radius 3 is 2.19 bits per heavy atom. The highest BCUT2D eigenvalue weighted by molar-refractivity contribution is 5.83. The van der Waals surface area contributed by atoms with Crippen LogP contribution in [-0.2, 0) is 14.3 Å². The fraction of sp³-hybridized carbons (Fsp3) is 0.769. The van der Waals surface area contributed by atoms with E-state index in [1.807, 2.05) is 13.8 Å². The van der Waals surface area contributed by atoms with Crippen molar-refractivity contribution in [2.24, 2.45) is 5.92 Å². The highest BCUT2D eigenvalue weighted by Gasteiger charge is 2.25. The summed E-state index contributed by atoms with van der Waals surface area (Å²) < 4.78 is 4.67. The highest BCUT2D eigenvalue weighted by atomic mass is 16.5. The van der Waals surface area contributed by atoms with Crippen molar-refractivity contribution in [3.05, 3.63) is 0 Å². The van der Waals surface area contributed by atoms with Crippen LogP contribution in [0.5, 0.6) is 0 Å². The molecule has 3 N–H and O–H groups in total. The number of carboxylic acid groups (broad SMARTS) is 1. The summed E-state index contributed by atoms with van der Waals surface area (Å²) in [6.07, 6.45) is -1.46. The van der Waals surface area contributed by atoms with E-state index < -0.39 is 30.1 Å². The van der Waals surface area contributed by atoms with Gasteiger partial charge >= 0.3 is 18.0 Å². The standard InChI is InChI=1S/C13H24N2O6/c1-5-21-12(19)10(16)7-15(6-8(2)3)13(20)14-9(4)11(17)18/h8-10,16H,5-7H2,1-4H3,(H,14,20)(H,17,18). The van der Waals surface area contributed by atoms with Gasteiger partial charge in [0.25, 0.3) is 0 Å². The lowest BCUT2D eigenvalue weighted by molar-refractivity contribution is -0.153. The molecule has 0 aromatic carbocycles. The molecule has 0 bridgehead atoms. The van der Waals surface area contributed by atoms with E-state index in [-0.39, 0.29) is 25.6 Å². The van der Waals surface area contributed by atoms with E-state index in [1.165, 1.54) is 11.8 Å². The number of esters is 1. The van der Waals surface area contributed by atoms with Crippen LogP contribution in [0, 0.1) is 5.92 Å². The second-order valence-electron chi connectivity index (χ2n) is 5.08. The van der Waals surface area contributed by atoms with Crippen LogP contribution in [0.1, 0.15) is 27.7 Å². The van der Waals surface area contributed by atoms with Gasteiger partial charge < -0.3 is 25.2 Å². The molecule has 0 spiro atoms. The topological polar surface area (TPSA) is 116 Å². The smallest absolute Gasteiger partial charge is 0.336 e. The van der Waals surface area contributed by atoms with E-state index >= 15 is 0 Å². The first kappa shape index (κ1) is 19.2. The Balaban J connectivity index is 4.74. The average molecular weight is 304 g/mol. The number of aliphatic hydroxyl groups excluding tert-OH is 1. The van der Waals surface area contributed by atoms with Crippen LogP contribution in [-0.4, -0.2) is 64.9 Å². The van der Waals surface area contributed by atoms with Gasteiger partial charge in [0.1, 0.15) is 6.04 Å². The highest BCUT2D eigenvalue weighted by Crippen LogP contribution is 2.03. The molecular weight excluding hydrogens is 280 g/mol. The molecule has 0 saturated carbocycles. The number of carbonyl (C=O) groups excluding carboxylic acids is 2. The van der Waals surface area contributed by atoms with Gasteiger partial charge in [0.15, 0.2) is 6.10 Å². The number of amides is 2. The van der Waals surface area contributed by atoms with E-state index in [9.17, 15) is 19.5 Å². The number of ether oxygens (including phenoxy) is 1. The Kier molecular flexibility index (Phi) is 8.37.